The maximum Gasteiger partial charge on any atom is 0.276 e. The monoisotopic (exact) mass is 313 g/mol. The van der Waals surface area contributed by atoms with E-state index in [1.165, 1.54) is 0 Å². The molecular weight excluding hydrogens is 294 g/mol. The van der Waals surface area contributed by atoms with Gasteiger partial charge in [-0.15, -0.1) is 0 Å². The van der Waals surface area contributed by atoms with Crippen LogP contribution in [0.3, 0.4) is 0 Å². The third-order valence-electron chi connectivity index (χ3n) is 4.52. The zero-order chi connectivity index (χ0) is 15.8. The Balaban J connectivity index is 1.40. The second kappa shape index (κ2) is 5.61. The summed E-state index contributed by atoms with van der Waals surface area (Å²) in [5, 5.41) is 13.9. The lowest BCUT2D eigenvalue weighted by atomic mass is 10.2. The predicted octanol–water partition coefficient (Wildman–Crippen LogP) is 2.22. The van der Waals surface area contributed by atoms with Gasteiger partial charge in [0, 0.05) is 38.2 Å². The van der Waals surface area contributed by atoms with Crippen molar-refractivity contribution in [1.29, 1.82) is 0 Å². The van der Waals surface area contributed by atoms with Crippen molar-refractivity contribution in [2.75, 3.05) is 31.1 Å². The molecule has 2 heterocycles. The van der Waals surface area contributed by atoms with Crippen LogP contribution in [0.15, 0.2) is 34.9 Å². The normalized spacial score (nSPS) is 18.3. The van der Waals surface area contributed by atoms with Crippen LogP contribution in [0.5, 0.6) is 5.75 Å². The number of anilines is 1. The molecule has 1 amide bonds. The standard InChI is InChI=1S/C17H19N3O3/c21-15-4-2-1-3-14(15)19-7-9-20(10-8-19)17(22)13-11-16(23-18-13)12-5-6-12/h1-4,11-12,21H,5-10H2. The largest absolute Gasteiger partial charge is 0.506 e. The van der Waals surface area contributed by atoms with Gasteiger partial charge in [-0.2, -0.15) is 0 Å². The lowest BCUT2D eigenvalue weighted by Crippen LogP contribution is -2.48. The Morgan fingerprint density at radius 3 is 2.61 bits per heavy atom. The first-order valence-corrected chi connectivity index (χ1v) is 8.01. The average Bonchev–Trinajstić information content (AvgIpc) is 3.32. The van der Waals surface area contributed by atoms with Crippen molar-refractivity contribution in [3.8, 4) is 5.75 Å². The van der Waals surface area contributed by atoms with Crippen LogP contribution in [0.2, 0.25) is 0 Å². The summed E-state index contributed by atoms with van der Waals surface area (Å²) in [4.78, 5) is 16.4. The van der Waals surface area contributed by atoms with Crippen LogP contribution < -0.4 is 4.90 Å². The Bertz CT molecular complexity index is 715. The van der Waals surface area contributed by atoms with Crippen molar-refractivity contribution in [1.82, 2.24) is 10.1 Å². The number of carbonyl (C=O) groups is 1. The van der Waals surface area contributed by atoms with Crippen LogP contribution in [-0.4, -0.2) is 47.2 Å². The molecule has 0 unspecified atom stereocenters. The minimum absolute atomic E-state index is 0.0717. The van der Waals surface area contributed by atoms with Gasteiger partial charge in [-0.05, 0) is 25.0 Å². The Kier molecular flexibility index (Phi) is 3.44. The number of hydrogen-bond acceptors (Lipinski definition) is 5. The van der Waals surface area contributed by atoms with E-state index in [1.807, 2.05) is 12.1 Å². The summed E-state index contributed by atoms with van der Waals surface area (Å²) < 4.78 is 5.27. The molecule has 0 spiro atoms. The van der Waals surface area contributed by atoms with Gasteiger partial charge < -0.3 is 19.4 Å². The van der Waals surface area contributed by atoms with Gasteiger partial charge in [-0.1, -0.05) is 17.3 Å². The highest BCUT2D eigenvalue weighted by Crippen LogP contribution is 2.40. The first-order valence-electron chi connectivity index (χ1n) is 8.01. The molecule has 6 nitrogen and oxygen atoms in total. The summed E-state index contributed by atoms with van der Waals surface area (Å²) in [6.45, 7) is 2.60. The Hall–Kier alpha value is -2.50. The zero-order valence-electron chi connectivity index (χ0n) is 12.8. The zero-order valence-corrected chi connectivity index (χ0v) is 12.8. The van der Waals surface area contributed by atoms with Crippen molar-refractivity contribution in [3.63, 3.8) is 0 Å². The third-order valence-corrected chi connectivity index (χ3v) is 4.52. The molecule has 1 aromatic carbocycles. The summed E-state index contributed by atoms with van der Waals surface area (Å²) in [6, 6.07) is 9.07. The number of phenolic OH excluding ortho intramolecular Hbond substituents is 1. The van der Waals surface area contributed by atoms with Crippen LogP contribution in [0, 0.1) is 0 Å². The van der Waals surface area contributed by atoms with Crippen LogP contribution in [0.1, 0.15) is 35.0 Å². The molecule has 6 heteroatoms. The fourth-order valence-corrected chi connectivity index (χ4v) is 2.99. The molecule has 2 aromatic rings. The van der Waals surface area contributed by atoms with E-state index in [-0.39, 0.29) is 11.7 Å². The Morgan fingerprint density at radius 1 is 1.17 bits per heavy atom. The predicted molar refractivity (Wildman–Crippen MR) is 84.7 cm³/mol. The molecule has 0 atom stereocenters. The fourth-order valence-electron chi connectivity index (χ4n) is 2.99. The lowest BCUT2D eigenvalue weighted by Gasteiger charge is -2.35. The molecule has 1 aliphatic heterocycles. The van der Waals surface area contributed by atoms with Gasteiger partial charge in [-0.25, -0.2) is 0 Å². The number of piperazine rings is 1. The van der Waals surface area contributed by atoms with E-state index in [0.717, 1.165) is 24.3 Å². The fraction of sp³-hybridized carbons (Fsp3) is 0.412. The highest BCUT2D eigenvalue weighted by Gasteiger charge is 2.30. The molecule has 2 fully saturated rings. The minimum Gasteiger partial charge on any atom is -0.506 e. The molecule has 1 aliphatic carbocycles. The topological polar surface area (TPSA) is 69.8 Å². The minimum atomic E-state index is -0.0717. The van der Waals surface area contributed by atoms with Gasteiger partial charge in [0.15, 0.2) is 5.69 Å². The van der Waals surface area contributed by atoms with Crippen LogP contribution >= 0.6 is 0 Å². The number of para-hydroxylation sites is 2. The van der Waals surface area contributed by atoms with Gasteiger partial charge in [-0.3, -0.25) is 4.79 Å². The summed E-state index contributed by atoms with van der Waals surface area (Å²) >= 11 is 0. The molecule has 23 heavy (non-hydrogen) atoms. The van der Waals surface area contributed by atoms with Gasteiger partial charge in [0.05, 0.1) is 5.69 Å². The van der Waals surface area contributed by atoms with E-state index >= 15 is 0 Å². The number of nitrogens with zero attached hydrogens (tertiary/aromatic N) is 3. The number of carbonyl (C=O) groups excluding carboxylic acids is 1. The first kappa shape index (κ1) is 14.1. The molecule has 1 saturated carbocycles. The number of phenols is 1. The third kappa shape index (κ3) is 2.76. The van der Waals surface area contributed by atoms with Gasteiger partial charge in [0.2, 0.25) is 0 Å². The van der Waals surface area contributed by atoms with Gasteiger partial charge in [0.1, 0.15) is 11.5 Å². The summed E-state index contributed by atoms with van der Waals surface area (Å²) in [6.07, 6.45) is 2.25. The van der Waals surface area contributed by atoms with E-state index in [1.54, 1.807) is 23.1 Å². The van der Waals surface area contributed by atoms with Crippen LogP contribution in [-0.2, 0) is 0 Å². The quantitative estimate of drug-likeness (QED) is 0.941. The molecule has 1 saturated heterocycles. The number of hydrogen-bond donors (Lipinski definition) is 1. The second-order valence-electron chi connectivity index (χ2n) is 6.16. The van der Waals surface area contributed by atoms with E-state index in [0.29, 0.717) is 37.8 Å². The van der Waals surface area contributed by atoms with Crippen molar-refractivity contribution < 1.29 is 14.4 Å². The summed E-state index contributed by atoms with van der Waals surface area (Å²) in [5.41, 5.74) is 1.22. The van der Waals surface area contributed by atoms with E-state index in [9.17, 15) is 9.90 Å². The van der Waals surface area contributed by atoms with E-state index in [2.05, 4.69) is 10.1 Å². The number of aromatic nitrogens is 1. The smallest absolute Gasteiger partial charge is 0.276 e. The van der Waals surface area contributed by atoms with Crippen molar-refractivity contribution in [2.24, 2.45) is 0 Å². The Labute approximate surface area is 134 Å². The second-order valence-corrected chi connectivity index (χ2v) is 6.16. The molecule has 1 aromatic heterocycles. The average molecular weight is 313 g/mol. The van der Waals surface area contributed by atoms with Crippen LogP contribution in [0.4, 0.5) is 5.69 Å². The molecule has 4 rings (SSSR count). The molecule has 0 radical (unpaired) electrons. The van der Waals surface area contributed by atoms with Gasteiger partial charge in [0.25, 0.3) is 5.91 Å². The molecule has 2 aliphatic rings. The van der Waals surface area contributed by atoms with Crippen molar-refractivity contribution in [3.05, 3.63) is 41.8 Å². The van der Waals surface area contributed by atoms with E-state index < -0.39 is 0 Å². The van der Waals surface area contributed by atoms with Crippen molar-refractivity contribution in [2.45, 2.75) is 18.8 Å². The number of benzene rings is 1. The SMILES string of the molecule is O=C(c1cc(C2CC2)on1)N1CCN(c2ccccc2O)CC1. The molecule has 0 bridgehead atoms. The maximum absolute atomic E-state index is 12.5. The number of amides is 1. The highest BCUT2D eigenvalue weighted by atomic mass is 16.5. The maximum atomic E-state index is 12.5. The van der Waals surface area contributed by atoms with E-state index in [4.69, 9.17) is 4.52 Å². The highest BCUT2D eigenvalue weighted by molar-refractivity contribution is 5.92. The van der Waals surface area contributed by atoms with Crippen LogP contribution in [0.25, 0.3) is 0 Å². The summed E-state index contributed by atoms with van der Waals surface area (Å²) in [5.74, 6) is 1.50. The lowest BCUT2D eigenvalue weighted by molar-refractivity contribution is 0.0736. The van der Waals surface area contributed by atoms with Gasteiger partial charge >= 0.3 is 0 Å². The molecule has 120 valence electrons. The Morgan fingerprint density at radius 2 is 1.91 bits per heavy atom. The molecule has 1 N–H and O–H groups in total. The molecular formula is C17H19N3O3. The summed E-state index contributed by atoms with van der Waals surface area (Å²) in [7, 11) is 0. The van der Waals surface area contributed by atoms with Crippen molar-refractivity contribution >= 4 is 11.6 Å². The number of rotatable bonds is 3. The number of aromatic hydroxyl groups is 1. The first-order chi connectivity index (χ1) is 11.2.